The van der Waals surface area contributed by atoms with Gasteiger partial charge < -0.3 is 4.98 Å². The van der Waals surface area contributed by atoms with E-state index in [0.717, 1.165) is 10.1 Å². The Bertz CT molecular complexity index is 1070. The molecule has 0 atom stereocenters. The summed E-state index contributed by atoms with van der Waals surface area (Å²) in [5.41, 5.74) is 0.518. The zero-order chi connectivity index (χ0) is 16.0. The lowest BCUT2D eigenvalue weighted by molar-refractivity contribution is 0.705. The molecular weight excluding hydrogens is 284 g/mol. The van der Waals surface area contributed by atoms with Gasteiger partial charge in [0, 0.05) is 14.1 Å². The molecule has 7 heteroatoms. The van der Waals surface area contributed by atoms with Crippen LogP contribution < -0.4 is 16.9 Å². The smallest absolute Gasteiger partial charge is 0.304 e. The molecule has 22 heavy (non-hydrogen) atoms. The zero-order valence-electron chi connectivity index (χ0n) is 12.4. The Kier molecular flexibility index (Phi) is 3.05. The fourth-order valence-electron chi connectivity index (χ4n) is 2.49. The lowest BCUT2D eigenvalue weighted by Gasteiger charge is -2.10. The second kappa shape index (κ2) is 4.80. The van der Waals surface area contributed by atoms with E-state index in [9.17, 15) is 14.4 Å². The van der Waals surface area contributed by atoms with Gasteiger partial charge in [-0.05, 0) is 18.6 Å². The van der Waals surface area contributed by atoms with Crippen LogP contribution in [0.1, 0.15) is 5.56 Å². The van der Waals surface area contributed by atoms with Gasteiger partial charge in [0.05, 0.1) is 5.69 Å². The van der Waals surface area contributed by atoms with Crippen molar-refractivity contribution in [3.63, 3.8) is 0 Å². The number of fused-ring (bicyclic) bond motifs is 1. The van der Waals surface area contributed by atoms with Crippen molar-refractivity contribution in [3.05, 3.63) is 61.2 Å². The van der Waals surface area contributed by atoms with E-state index >= 15 is 0 Å². The maximum atomic E-state index is 12.5. The average Bonchev–Trinajstić information content (AvgIpc) is 2.50. The Hall–Kier alpha value is -2.96. The summed E-state index contributed by atoms with van der Waals surface area (Å²) >= 11 is 0. The van der Waals surface area contributed by atoms with Gasteiger partial charge in [0.15, 0.2) is 5.65 Å². The second-order valence-corrected chi connectivity index (χ2v) is 5.19. The molecule has 0 saturated carbocycles. The summed E-state index contributed by atoms with van der Waals surface area (Å²) in [6.45, 7) is 1.92. The second-order valence-electron chi connectivity index (χ2n) is 5.19. The summed E-state index contributed by atoms with van der Waals surface area (Å²) in [6.07, 6.45) is 0. The lowest BCUT2D eigenvalue weighted by atomic mass is 10.1. The van der Waals surface area contributed by atoms with Crippen molar-refractivity contribution in [2.45, 2.75) is 6.92 Å². The first kappa shape index (κ1) is 14.0. The maximum absolute atomic E-state index is 12.5. The summed E-state index contributed by atoms with van der Waals surface area (Å²) in [7, 11) is 2.88. The predicted molar refractivity (Wildman–Crippen MR) is 83.0 cm³/mol. The van der Waals surface area contributed by atoms with Gasteiger partial charge in [-0.1, -0.05) is 23.8 Å². The fraction of sp³-hybridized carbons (Fsp3) is 0.200. The molecule has 0 unspecified atom stereocenters. The van der Waals surface area contributed by atoms with Crippen LogP contribution in [0.2, 0.25) is 0 Å². The largest absolute Gasteiger partial charge is 0.347 e. The van der Waals surface area contributed by atoms with Gasteiger partial charge in [0.2, 0.25) is 0 Å². The number of aromatic nitrogens is 4. The summed E-state index contributed by atoms with van der Waals surface area (Å²) in [5.74, 6) is 0. The molecule has 0 bridgehead atoms. The molecule has 7 nitrogen and oxygen atoms in total. The highest BCUT2D eigenvalue weighted by Gasteiger charge is 2.16. The zero-order valence-corrected chi connectivity index (χ0v) is 12.4. The molecule has 0 aliphatic rings. The number of benzene rings is 1. The normalized spacial score (nSPS) is 11.0. The predicted octanol–water partition coefficient (Wildman–Crippen LogP) is 0.296. The van der Waals surface area contributed by atoms with E-state index in [4.69, 9.17) is 0 Å². The van der Waals surface area contributed by atoms with Crippen molar-refractivity contribution < 1.29 is 0 Å². The number of hydrogen-bond acceptors (Lipinski definition) is 4. The number of H-pyrrole nitrogens is 1. The van der Waals surface area contributed by atoms with Gasteiger partial charge in [-0.25, -0.2) is 9.59 Å². The fourth-order valence-corrected chi connectivity index (χ4v) is 2.49. The van der Waals surface area contributed by atoms with Gasteiger partial charge in [-0.3, -0.25) is 13.9 Å². The van der Waals surface area contributed by atoms with E-state index in [1.165, 1.54) is 18.7 Å². The molecule has 3 aromatic rings. The standard InChI is InChI=1S/C15H14N4O3/c1-8-5-4-6-9(7-8)11-10-12(17-14(21)16-11)18(2)15(22)19(3)13(10)20/h4-7H,1-3H3,(H,16,17,21). The molecule has 112 valence electrons. The molecule has 0 fully saturated rings. The van der Waals surface area contributed by atoms with Gasteiger partial charge >= 0.3 is 11.4 Å². The van der Waals surface area contributed by atoms with Crippen molar-refractivity contribution in [1.29, 1.82) is 0 Å². The van der Waals surface area contributed by atoms with Crippen molar-refractivity contribution >= 4 is 11.0 Å². The molecule has 0 radical (unpaired) electrons. The van der Waals surface area contributed by atoms with Gasteiger partial charge in [-0.2, -0.15) is 4.98 Å². The molecule has 0 spiro atoms. The van der Waals surface area contributed by atoms with Crippen LogP contribution in [0.3, 0.4) is 0 Å². The lowest BCUT2D eigenvalue weighted by Crippen LogP contribution is -2.38. The number of rotatable bonds is 1. The van der Waals surface area contributed by atoms with Crippen LogP contribution in [0.25, 0.3) is 22.3 Å². The van der Waals surface area contributed by atoms with Gasteiger partial charge in [0.1, 0.15) is 5.39 Å². The first-order valence-corrected chi connectivity index (χ1v) is 6.67. The van der Waals surface area contributed by atoms with E-state index in [0.29, 0.717) is 11.3 Å². The maximum Gasteiger partial charge on any atom is 0.347 e. The van der Waals surface area contributed by atoms with Crippen LogP contribution in [-0.4, -0.2) is 19.1 Å². The minimum absolute atomic E-state index is 0.0772. The Morgan fingerprint density at radius 1 is 1.09 bits per heavy atom. The molecule has 0 amide bonds. The van der Waals surface area contributed by atoms with Crippen LogP contribution >= 0.6 is 0 Å². The highest BCUT2D eigenvalue weighted by atomic mass is 16.2. The van der Waals surface area contributed by atoms with Crippen LogP contribution in [0.15, 0.2) is 38.6 Å². The monoisotopic (exact) mass is 298 g/mol. The van der Waals surface area contributed by atoms with Crippen LogP contribution in [0.5, 0.6) is 0 Å². The van der Waals surface area contributed by atoms with E-state index in [1.807, 2.05) is 25.1 Å². The number of nitrogens with one attached hydrogen (secondary N) is 1. The summed E-state index contributed by atoms with van der Waals surface area (Å²) in [5, 5.41) is 0.217. The average molecular weight is 298 g/mol. The van der Waals surface area contributed by atoms with Gasteiger partial charge in [-0.15, -0.1) is 0 Å². The first-order chi connectivity index (χ1) is 10.4. The number of aryl methyl sites for hydroxylation is 2. The Morgan fingerprint density at radius 2 is 1.82 bits per heavy atom. The van der Waals surface area contributed by atoms with Crippen molar-refractivity contribution in [3.8, 4) is 11.3 Å². The van der Waals surface area contributed by atoms with Crippen molar-refractivity contribution in [2.24, 2.45) is 14.1 Å². The number of nitrogens with zero attached hydrogens (tertiary/aromatic N) is 3. The third-order valence-corrected chi connectivity index (χ3v) is 3.63. The molecule has 0 aliphatic carbocycles. The SMILES string of the molecule is Cc1cccc(-c2[nH]c(=O)nc3c2c(=O)n(C)c(=O)n3C)c1. The highest BCUT2D eigenvalue weighted by Crippen LogP contribution is 2.21. The number of hydrogen-bond donors (Lipinski definition) is 1. The quantitative estimate of drug-likeness (QED) is 0.699. The van der Waals surface area contributed by atoms with Crippen LogP contribution in [0, 0.1) is 6.92 Å². The Labute approximate surface area is 124 Å². The minimum Gasteiger partial charge on any atom is -0.304 e. The molecule has 0 saturated heterocycles. The van der Waals surface area contributed by atoms with Crippen LogP contribution in [-0.2, 0) is 14.1 Å². The molecule has 1 aromatic carbocycles. The van der Waals surface area contributed by atoms with E-state index in [2.05, 4.69) is 9.97 Å². The molecule has 2 aromatic heterocycles. The van der Waals surface area contributed by atoms with E-state index < -0.39 is 16.9 Å². The summed E-state index contributed by atoms with van der Waals surface area (Å²) < 4.78 is 2.20. The number of aromatic amines is 1. The Morgan fingerprint density at radius 3 is 2.50 bits per heavy atom. The Balaban J connectivity index is 2.59. The summed E-state index contributed by atoms with van der Waals surface area (Å²) in [4.78, 5) is 42.7. The third kappa shape index (κ3) is 1.98. The molecule has 0 aliphatic heterocycles. The van der Waals surface area contributed by atoms with Crippen molar-refractivity contribution in [2.75, 3.05) is 0 Å². The van der Waals surface area contributed by atoms with Crippen molar-refractivity contribution in [1.82, 2.24) is 19.1 Å². The summed E-state index contributed by atoms with van der Waals surface area (Å²) in [6, 6.07) is 7.40. The first-order valence-electron chi connectivity index (χ1n) is 6.67. The minimum atomic E-state index is -0.604. The molecule has 3 rings (SSSR count). The molecular formula is C15H14N4O3. The molecule has 1 N–H and O–H groups in total. The van der Waals surface area contributed by atoms with E-state index in [1.54, 1.807) is 6.07 Å². The van der Waals surface area contributed by atoms with Gasteiger partial charge in [0.25, 0.3) is 5.56 Å². The highest BCUT2D eigenvalue weighted by molar-refractivity contribution is 5.89. The van der Waals surface area contributed by atoms with E-state index in [-0.39, 0.29) is 11.0 Å². The van der Waals surface area contributed by atoms with Crippen LogP contribution in [0.4, 0.5) is 0 Å². The third-order valence-electron chi connectivity index (χ3n) is 3.63. The topological polar surface area (TPSA) is 89.8 Å². The molecule has 2 heterocycles.